The first-order valence-electron chi connectivity index (χ1n) is 9.15. The van der Waals surface area contributed by atoms with Crippen LogP contribution in [-0.4, -0.2) is 40.7 Å². The Kier molecular flexibility index (Phi) is 4.62. The van der Waals surface area contributed by atoms with Crippen molar-refractivity contribution in [1.29, 1.82) is 0 Å². The maximum absolute atomic E-state index is 13.4. The number of hydrogen-bond acceptors (Lipinski definition) is 3. The van der Waals surface area contributed by atoms with Crippen molar-refractivity contribution in [2.45, 2.75) is 38.3 Å². The zero-order valence-corrected chi connectivity index (χ0v) is 14.7. The van der Waals surface area contributed by atoms with Gasteiger partial charge in [-0.2, -0.15) is 0 Å². The van der Waals surface area contributed by atoms with Crippen LogP contribution in [0.15, 0.2) is 48.4 Å². The number of rotatable bonds is 5. The first-order valence-corrected chi connectivity index (χ1v) is 9.15. The Bertz CT molecular complexity index is 772. The summed E-state index contributed by atoms with van der Waals surface area (Å²) in [6.45, 7) is 4.64. The molecule has 1 fully saturated rings. The van der Waals surface area contributed by atoms with Crippen LogP contribution in [0.4, 0.5) is 4.39 Å². The Morgan fingerprint density at radius 3 is 2.92 bits per heavy atom. The predicted molar refractivity (Wildman–Crippen MR) is 98.1 cm³/mol. The van der Waals surface area contributed by atoms with Gasteiger partial charge in [0.2, 0.25) is 0 Å². The zero-order chi connectivity index (χ0) is 17.2. The predicted octanol–water partition coefficient (Wildman–Crippen LogP) is 4.02. The van der Waals surface area contributed by atoms with Crippen LogP contribution < -0.4 is 0 Å². The third-order valence-corrected chi connectivity index (χ3v) is 5.50. The minimum Gasteiger partial charge on any atom is -0.300 e. The van der Waals surface area contributed by atoms with E-state index >= 15 is 0 Å². The van der Waals surface area contributed by atoms with Crippen molar-refractivity contribution in [1.82, 2.24) is 14.9 Å². The van der Waals surface area contributed by atoms with Crippen molar-refractivity contribution in [3.05, 3.63) is 65.2 Å². The highest BCUT2D eigenvalue weighted by atomic mass is 19.1. The van der Waals surface area contributed by atoms with Gasteiger partial charge in [-0.25, -0.2) is 4.39 Å². The number of nitrogens with zero attached hydrogens (tertiary/aromatic N) is 3. The number of allylic oxidation sites excluding steroid dienone is 1. The molecule has 130 valence electrons. The molecule has 2 heterocycles. The highest BCUT2D eigenvalue weighted by Gasteiger charge is 2.28. The van der Waals surface area contributed by atoms with Gasteiger partial charge in [0, 0.05) is 44.1 Å². The SMILES string of the molecule is CC(C1=C(CCN2CCC(F)C2)Cc2ccccc21)c1cnccn1. The van der Waals surface area contributed by atoms with Crippen molar-refractivity contribution in [2.24, 2.45) is 0 Å². The average molecular weight is 337 g/mol. The third kappa shape index (κ3) is 3.36. The molecule has 0 spiro atoms. The van der Waals surface area contributed by atoms with E-state index in [9.17, 15) is 4.39 Å². The quantitative estimate of drug-likeness (QED) is 0.825. The molecule has 0 radical (unpaired) electrons. The molecule has 0 amide bonds. The van der Waals surface area contributed by atoms with Gasteiger partial charge >= 0.3 is 0 Å². The van der Waals surface area contributed by atoms with Crippen LogP contribution >= 0.6 is 0 Å². The molecule has 2 unspecified atom stereocenters. The molecule has 0 N–H and O–H groups in total. The number of likely N-dealkylation sites (tertiary alicyclic amines) is 1. The highest BCUT2D eigenvalue weighted by molar-refractivity contribution is 5.80. The summed E-state index contributed by atoms with van der Waals surface area (Å²) < 4.78 is 13.4. The van der Waals surface area contributed by atoms with Gasteiger partial charge in [0.1, 0.15) is 6.17 Å². The Morgan fingerprint density at radius 1 is 1.28 bits per heavy atom. The van der Waals surface area contributed by atoms with E-state index in [0.717, 1.165) is 31.6 Å². The lowest BCUT2D eigenvalue weighted by molar-refractivity contribution is 0.290. The molecular weight excluding hydrogens is 313 g/mol. The van der Waals surface area contributed by atoms with Crippen LogP contribution in [0.25, 0.3) is 5.57 Å². The van der Waals surface area contributed by atoms with Gasteiger partial charge in [-0.3, -0.25) is 9.97 Å². The number of benzene rings is 1. The van der Waals surface area contributed by atoms with Crippen LogP contribution in [0.2, 0.25) is 0 Å². The van der Waals surface area contributed by atoms with Crippen molar-refractivity contribution in [2.75, 3.05) is 19.6 Å². The van der Waals surface area contributed by atoms with Crippen LogP contribution in [0.3, 0.4) is 0 Å². The third-order valence-electron chi connectivity index (χ3n) is 5.50. The van der Waals surface area contributed by atoms with E-state index in [0.29, 0.717) is 13.0 Å². The van der Waals surface area contributed by atoms with Crippen LogP contribution in [0.5, 0.6) is 0 Å². The van der Waals surface area contributed by atoms with E-state index in [-0.39, 0.29) is 5.92 Å². The number of halogens is 1. The summed E-state index contributed by atoms with van der Waals surface area (Å²) in [5, 5.41) is 0. The van der Waals surface area contributed by atoms with E-state index in [1.165, 1.54) is 22.3 Å². The maximum atomic E-state index is 13.4. The second kappa shape index (κ2) is 7.04. The first-order chi connectivity index (χ1) is 12.2. The summed E-state index contributed by atoms with van der Waals surface area (Å²) in [7, 11) is 0. The van der Waals surface area contributed by atoms with Crippen LogP contribution in [0, 0.1) is 0 Å². The summed E-state index contributed by atoms with van der Waals surface area (Å²) in [6.07, 6.45) is 7.39. The minimum atomic E-state index is -0.646. The fourth-order valence-electron chi connectivity index (χ4n) is 4.18. The Balaban J connectivity index is 1.61. The molecule has 2 aliphatic rings. The Morgan fingerprint density at radius 2 is 2.16 bits per heavy atom. The molecule has 2 atom stereocenters. The monoisotopic (exact) mass is 337 g/mol. The molecule has 4 rings (SSSR count). The van der Waals surface area contributed by atoms with E-state index < -0.39 is 6.17 Å². The van der Waals surface area contributed by atoms with E-state index in [4.69, 9.17) is 0 Å². The average Bonchev–Trinajstić information content (AvgIpc) is 3.23. The first kappa shape index (κ1) is 16.4. The van der Waals surface area contributed by atoms with E-state index in [1.54, 1.807) is 12.4 Å². The highest BCUT2D eigenvalue weighted by Crippen LogP contribution is 2.42. The van der Waals surface area contributed by atoms with Gasteiger partial charge in [-0.15, -0.1) is 0 Å². The molecule has 1 aliphatic carbocycles. The Labute approximate surface area is 148 Å². The molecule has 25 heavy (non-hydrogen) atoms. The molecule has 1 saturated heterocycles. The van der Waals surface area contributed by atoms with Crippen molar-refractivity contribution < 1.29 is 4.39 Å². The normalized spacial score (nSPS) is 21.6. The number of aromatic nitrogens is 2. The van der Waals surface area contributed by atoms with Gasteiger partial charge in [0.15, 0.2) is 0 Å². The molecule has 0 bridgehead atoms. The lowest BCUT2D eigenvalue weighted by atomic mass is 9.90. The second-order valence-electron chi connectivity index (χ2n) is 7.14. The number of fused-ring (bicyclic) bond motifs is 1. The summed E-state index contributed by atoms with van der Waals surface area (Å²) >= 11 is 0. The minimum absolute atomic E-state index is 0.222. The molecule has 1 aromatic heterocycles. The number of alkyl halides is 1. The largest absolute Gasteiger partial charge is 0.300 e. The van der Waals surface area contributed by atoms with Crippen LogP contribution in [0.1, 0.15) is 42.5 Å². The van der Waals surface area contributed by atoms with Crippen molar-refractivity contribution in [3.8, 4) is 0 Å². The topological polar surface area (TPSA) is 29.0 Å². The molecule has 1 aromatic carbocycles. The van der Waals surface area contributed by atoms with Gasteiger partial charge in [-0.1, -0.05) is 36.8 Å². The van der Waals surface area contributed by atoms with Crippen LogP contribution in [-0.2, 0) is 6.42 Å². The summed E-state index contributed by atoms with van der Waals surface area (Å²) in [5.41, 5.74) is 6.62. The zero-order valence-electron chi connectivity index (χ0n) is 14.7. The fraction of sp³-hybridized carbons (Fsp3) is 0.429. The summed E-state index contributed by atoms with van der Waals surface area (Å²) in [5.74, 6) is 0.222. The van der Waals surface area contributed by atoms with Gasteiger partial charge < -0.3 is 4.90 Å². The van der Waals surface area contributed by atoms with E-state index in [1.807, 2.05) is 6.20 Å². The smallest absolute Gasteiger partial charge is 0.114 e. The lowest BCUT2D eigenvalue weighted by Crippen LogP contribution is -2.22. The van der Waals surface area contributed by atoms with Gasteiger partial charge in [-0.05, 0) is 36.0 Å². The van der Waals surface area contributed by atoms with E-state index in [2.05, 4.69) is 46.1 Å². The van der Waals surface area contributed by atoms with Gasteiger partial charge in [0.25, 0.3) is 0 Å². The standard InChI is InChI=1S/C21H24FN3/c1-15(20-13-23-8-9-24-20)21-17(6-10-25-11-7-18(22)14-25)12-16-4-2-3-5-19(16)21/h2-5,8-9,13,15,18H,6-7,10-12,14H2,1H3. The molecular formula is C21H24FN3. The summed E-state index contributed by atoms with van der Waals surface area (Å²) in [6, 6.07) is 8.66. The molecule has 1 aliphatic heterocycles. The second-order valence-corrected chi connectivity index (χ2v) is 7.14. The Hall–Kier alpha value is -2.07. The maximum Gasteiger partial charge on any atom is 0.114 e. The van der Waals surface area contributed by atoms with Gasteiger partial charge in [0.05, 0.1) is 5.69 Å². The molecule has 2 aromatic rings. The summed E-state index contributed by atoms with van der Waals surface area (Å²) in [4.78, 5) is 11.0. The molecule has 4 heteroatoms. The molecule has 3 nitrogen and oxygen atoms in total. The lowest BCUT2D eigenvalue weighted by Gasteiger charge is -2.19. The number of hydrogen-bond donors (Lipinski definition) is 0. The van der Waals surface area contributed by atoms with Crippen molar-refractivity contribution >= 4 is 5.57 Å². The fourth-order valence-corrected chi connectivity index (χ4v) is 4.18. The van der Waals surface area contributed by atoms with Crippen molar-refractivity contribution in [3.63, 3.8) is 0 Å². The molecule has 0 saturated carbocycles.